The van der Waals surface area contributed by atoms with E-state index in [2.05, 4.69) is 20.9 Å². The molecule has 3 nitrogen and oxygen atoms in total. The quantitative estimate of drug-likeness (QED) is 0.680. The number of pyridine rings is 1. The maximum atomic E-state index is 13.1. The molecule has 0 aliphatic heterocycles. The summed E-state index contributed by atoms with van der Waals surface area (Å²) in [4.78, 5) is 4.24. The molecule has 1 aromatic heterocycles. The van der Waals surface area contributed by atoms with Gasteiger partial charge in [-0.2, -0.15) is 0 Å². The van der Waals surface area contributed by atoms with Crippen LogP contribution in [0.2, 0.25) is 5.02 Å². The van der Waals surface area contributed by atoms with Crippen molar-refractivity contribution >= 4 is 44.1 Å². The number of hydrogen-bond donors (Lipinski definition) is 1. The standard InChI is InChI=1S/C15H9BrClFN2O/c16-8-1-3-13-10(5-8)15(12(19)7-20-13)21-14-4-2-9(18)6-11(14)17/h1-7H,19H2. The zero-order chi connectivity index (χ0) is 15.0. The van der Waals surface area contributed by atoms with Crippen molar-refractivity contribution in [3.63, 3.8) is 0 Å². The SMILES string of the molecule is Nc1cnc2ccc(Br)cc2c1Oc1ccc(F)cc1Cl. The van der Waals surface area contributed by atoms with Gasteiger partial charge < -0.3 is 10.5 Å². The Labute approximate surface area is 133 Å². The van der Waals surface area contributed by atoms with E-state index in [1.807, 2.05) is 18.2 Å². The summed E-state index contributed by atoms with van der Waals surface area (Å²) in [6.45, 7) is 0. The van der Waals surface area contributed by atoms with Crippen molar-refractivity contribution in [2.24, 2.45) is 0 Å². The molecule has 0 unspecified atom stereocenters. The molecule has 0 aliphatic carbocycles. The van der Waals surface area contributed by atoms with E-state index >= 15 is 0 Å². The average Bonchev–Trinajstić information content (AvgIpc) is 2.44. The summed E-state index contributed by atoms with van der Waals surface area (Å²) < 4.78 is 19.7. The smallest absolute Gasteiger partial charge is 0.161 e. The summed E-state index contributed by atoms with van der Waals surface area (Å²) in [5.41, 5.74) is 7.06. The topological polar surface area (TPSA) is 48.1 Å². The number of halogens is 3. The lowest BCUT2D eigenvalue weighted by molar-refractivity contribution is 0.488. The first-order valence-corrected chi connectivity index (χ1v) is 7.18. The van der Waals surface area contributed by atoms with Crippen LogP contribution in [-0.2, 0) is 0 Å². The number of ether oxygens (including phenoxy) is 1. The lowest BCUT2D eigenvalue weighted by atomic mass is 10.2. The summed E-state index contributed by atoms with van der Waals surface area (Å²) in [6.07, 6.45) is 1.52. The van der Waals surface area contributed by atoms with Crippen molar-refractivity contribution < 1.29 is 9.13 Å². The monoisotopic (exact) mass is 366 g/mol. The van der Waals surface area contributed by atoms with Crippen LogP contribution in [0.3, 0.4) is 0 Å². The van der Waals surface area contributed by atoms with Crippen molar-refractivity contribution in [2.75, 3.05) is 5.73 Å². The second kappa shape index (κ2) is 5.50. The number of benzene rings is 2. The Morgan fingerprint density at radius 3 is 2.76 bits per heavy atom. The molecule has 0 radical (unpaired) electrons. The van der Waals surface area contributed by atoms with Crippen LogP contribution in [-0.4, -0.2) is 4.98 Å². The predicted molar refractivity (Wildman–Crippen MR) is 85.3 cm³/mol. The summed E-state index contributed by atoms with van der Waals surface area (Å²) in [7, 11) is 0. The lowest BCUT2D eigenvalue weighted by Gasteiger charge is -2.12. The van der Waals surface area contributed by atoms with Crippen molar-refractivity contribution in [1.82, 2.24) is 4.98 Å². The van der Waals surface area contributed by atoms with Gasteiger partial charge in [0.15, 0.2) is 5.75 Å². The van der Waals surface area contributed by atoms with Gasteiger partial charge >= 0.3 is 0 Å². The minimum Gasteiger partial charge on any atom is -0.453 e. The zero-order valence-corrected chi connectivity index (χ0v) is 13.0. The van der Waals surface area contributed by atoms with Crippen LogP contribution in [0.5, 0.6) is 11.5 Å². The van der Waals surface area contributed by atoms with Gasteiger partial charge in [-0.15, -0.1) is 0 Å². The minimum absolute atomic E-state index is 0.175. The first kappa shape index (κ1) is 14.1. The summed E-state index contributed by atoms with van der Waals surface area (Å²) in [5, 5.41) is 0.916. The number of rotatable bonds is 2. The maximum Gasteiger partial charge on any atom is 0.161 e. The highest BCUT2D eigenvalue weighted by Gasteiger charge is 2.12. The largest absolute Gasteiger partial charge is 0.453 e. The molecule has 0 bridgehead atoms. The molecule has 3 rings (SSSR count). The molecule has 0 atom stereocenters. The van der Waals surface area contributed by atoms with Gasteiger partial charge in [-0.25, -0.2) is 4.39 Å². The minimum atomic E-state index is -0.428. The van der Waals surface area contributed by atoms with Crippen LogP contribution in [0.25, 0.3) is 10.9 Å². The maximum absolute atomic E-state index is 13.1. The number of nitrogens with two attached hydrogens (primary N) is 1. The van der Waals surface area contributed by atoms with E-state index in [1.54, 1.807) is 0 Å². The van der Waals surface area contributed by atoms with Gasteiger partial charge in [-0.05, 0) is 36.4 Å². The van der Waals surface area contributed by atoms with Crippen LogP contribution in [0.1, 0.15) is 0 Å². The fourth-order valence-electron chi connectivity index (χ4n) is 1.94. The lowest BCUT2D eigenvalue weighted by Crippen LogP contribution is -1.96. The zero-order valence-electron chi connectivity index (χ0n) is 10.6. The number of aromatic nitrogens is 1. The fraction of sp³-hybridized carbons (Fsp3) is 0. The third kappa shape index (κ3) is 2.80. The molecular weight excluding hydrogens is 359 g/mol. The summed E-state index contributed by atoms with van der Waals surface area (Å²) >= 11 is 9.38. The molecule has 1 heterocycles. The van der Waals surface area contributed by atoms with Crippen LogP contribution in [0.15, 0.2) is 47.1 Å². The van der Waals surface area contributed by atoms with Gasteiger partial charge in [0, 0.05) is 9.86 Å². The summed E-state index contributed by atoms with van der Waals surface area (Å²) in [6, 6.07) is 9.49. The van der Waals surface area contributed by atoms with Gasteiger partial charge in [0.05, 0.1) is 22.4 Å². The van der Waals surface area contributed by atoms with E-state index < -0.39 is 5.82 Å². The highest BCUT2D eigenvalue weighted by molar-refractivity contribution is 9.10. The van der Waals surface area contributed by atoms with Gasteiger partial charge in [-0.3, -0.25) is 4.98 Å². The van der Waals surface area contributed by atoms with E-state index in [0.29, 0.717) is 17.2 Å². The van der Waals surface area contributed by atoms with Crippen molar-refractivity contribution in [3.8, 4) is 11.5 Å². The Morgan fingerprint density at radius 1 is 1.19 bits per heavy atom. The molecule has 0 saturated heterocycles. The molecule has 106 valence electrons. The number of hydrogen-bond acceptors (Lipinski definition) is 3. The Hall–Kier alpha value is -1.85. The molecule has 2 aromatic carbocycles. The second-order valence-corrected chi connectivity index (χ2v) is 5.70. The first-order valence-electron chi connectivity index (χ1n) is 6.01. The third-order valence-electron chi connectivity index (χ3n) is 2.91. The molecule has 0 spiro atoms. The predicted octanol–water partition coefficient (Wildman–Crippen LogP) is 5.16. The third-order valence-corrected chi connectivity index (χ3v) is 3.70. The molecule has 6 heteroatoms. The van der Waals surface area contributed by atoms with Crippen LogP contribution in [0.4, 0.5) is 10.1 Å². The molecule has 0 amide bonds. The number of nitrogens with zero attached hydrogens (tertiary/aromatic N) is 1. The normalized spacial score (nSPS) is 10.8. The number of nitrogen functional groups attached to an aromatic ring is 1. The summed E-state index contributed by atoms with van der Waals surface area (Å²) in [5.74, 6) is 0.342. The molecular formula is C15H9BrClFN2O. The van der Waals surface area contributed by atoms with Crippen molar-refractivity contribution in [2.45, 2.75) is 0 Å². The van der Waals surface area contributed by atoms with E-state index in [-0.39, 0.29) is 5.02 Å². The van der Waals surface area contributed by atoms with E-state index in [9.17, 15) is 4.39 Å². The molecule has 2 N–H and O–H groups in total. The Kier molecular flexibility index (Phi) is 3.69. The molecule has 21 heavy (non-hydrogen) atoms. The molecule has 0 aliphatic rings. The van der Waals surface area contributed by atoms with Gasteiger partial charge in [0.2, 0.25) is 0 Å². The van der Waals surface area contributed by atoms with E-state index in [1.165, 1.54) is 24.4 Å². The number of fused-ring (bicyclic) bond motifs is 1. The Balaban J connectivity index is 2.15. The van der Waals surface area contributed by atoms with Gasteiger partial charge in [0.1, 0.15) is 11.6 Å². The average molecular weight is 368 g/mol. The molecule has 0 saturated carbocycles. The highest BCUT2D eigenvalue weighted by atomic mass is 79.9. The van der Waals surface area contributed by atoms with Gasteiger partial charge in [-0.1, -0.05) is 27.5 Å². The molecule has 3 aromatic rings. The Morgan fingerprint density at radius 2 is 2.00 bits per heavy atom. The first-order chi connectivity index (χ1) is 10.0. The highest BCUT2D eigenvalue weighted by Crippen LogP contribution is 2.38. The fourth-order valence-corrected chi connectivity index (χ4v) is 2.50. The Bertz CT molecular complexity index is 836. The van der Waals surface area contributed by atoms with Crippen LogP contribution in [0, 0.1) is 5.82 Å². The van der Waals surface area contributed by atoms with Crippen LogP contribution < -0.4 is 10.5 Å². The van der Waals surface area contributed by atoms with E-state index in [0.717, 1.165) is 15.4 Å². The van der Waals surface area contributed by atoms with Crippen molar-refractivity contribution in [3.05, 3.63) is 57.9 Å². The van der Waals surface area contributed by atoms with Crippen molar-refractivity contribution in [1.29, 1.82) is 0 Å². The number of anilines is 1. The van der Waals surface area contributed by atoms with Gasteiger partial charge in [0.25, 0.3) is 0 Å². The molecule has 0 fully saturated rings. The second-order valence-electron chi connectivity index (χ2n) is 4.38. The van der Waals surface area contributed by atoms with E-state index in [4.69, 9.17) is 22.1 Å². The van der Waals surface area contributed by atoms with Crippen LogP contribution >= 0.6 is 27.5 Å².